The van der Waals surface area contributed by atoms with E-state index in [9.17, 15) is 4.79 Å². The van der Waals surface area contributed by atoms with Crippen molar-refractivity contribution in [3.8, 4) is 5.69 Å². The molecule has 1 spiro atoms. The molecule has 0 unspecified atom stereocenters. The van der Waals surface area contributed by atoms with Gasteiger partial charge in [0.1, 0.15) is 11.6 Å². The molecular formula is C25H29B3Cl2N4O. The van der Waals surface area contributed by atoms with E-state index in [-0.39, 0.29) is 17.0 Å². The van der Waals surface area contributed by atoms with E-state index in [2.05, 4.69) is 52.7 Å². The van der Waals surface area contributed by atoms with Crippen LogP contribution in [0.25, 0.3) is 5.69 Å². The quantitative estimate of drug-likeness (QED) is 0.552. The van der Waals surface area contributed by atoms with Gasteiger partial charge in [-0.3, -0.25) is 9.36 Å². The van der Waals surface area contributed by atoms with Crippen LogP contribution in [0, 0.1) is 12.3 Å². The van der Waals surface area contributed by atoms with E-state index >= 15 is 0 Å². The molecule has 1 atom stereocenters. The van der Waals surface area contributed by atoms with Crippen LogP contribution in [0.1, 0.15) is 41.4 Å². The Morgan fingerprint density at radius 1 is 1.09 bits per heavy atom. The van der Waals surface area contributed by atoms with Crippen molar-refractivity contribution in [3.63, 3.8) is 0 Å². The molecule has 1 fully saturated rings. The van der Waals surface area contributed by atoms with Crippen LogP contribution in [0.5, 0.6) is 0 Å². The maximum atomic E-state index is 14.0. The van der Waals surface area contributed by atoms with Gasteiger partial charge in [0.15, 0.2) is 0 Å². The summed E-state index contributed by atoms with van der Waals surface area (Å²) in [6, 6.07) is 13.9. The minimum Gasteiger partial charge on any atom is -0.356 e. The summed E-state index contributed by atoms with van der Waals surface area (Å²) in [4.78, 5) is 21.3. The summed E-state index contributed by atoms with van der Waals surface area (Å²) in [5.74, 6) is 1.36. The molecule has 1 aliphatic heterocycles. The molecule has 2 heterocycles. The maximum absolute atomic E-state index is 14.0. The number of aromatic nitrogens is 2. The first-order chi connectivity index (χ1) is 16.5. The van der Waals surface area contributed by atoms with Crippen molar-refractivity contribution in [2.75, 3.05) is 18.0 Å². The Labute approximate surface area is 219 Å². The molecule has 10 heteroatoms. The highest BCUT2D eigenvalue weighted by atomic mass is 35.5. The number of piperidine rings is 1. The van der Waals surface area contributed by atoms with Crippen LogP contribution in [-0.2, 0) is 11.5 Å². The fourth-order valence-corrected chi connectivity index (χ4v) is 6.30. The molecule has 5 rings (SSSR count). The molecule has 3 aromatic rings. The van der Waals surface area contributed by atoms with E-state index < -0.39 is 5.11 Å². The van der Waals surface area contributed by atoms with Crippen LogP contribution in [0.4, 0.5) is 5.82 Å². The van der Waals surface area contributed by atoms with E-state index in [0.717, 1.165) is 38.2 Å². The molecule has 1 saturated heterocycles. The summed E-state index contributed by atoms with van der Waals surface area (Å²) in [5.41, 5.74) is 10.7. The monoisotopic (exact) mass is 504 g/mol. The fourth-order valence-electron chi connectivity index (χ4n) is 5.92. The number of aryl methyl sites for hydroxylation is 1. The fraction of sp³-hybridized carbons (Fsp3) is 0.360. The molecule has 0 amide bonds. The van der Waals surface area contributed by atoms with Gasteiger partial charge in [-0.25, -0.2) is 4.98 Å². The van der Waals surface area contributed by atoms with Gasteiger partial charge in [0.2, 0.25) is 0 Å². The maximum Gasteiger partial charge on any atom is 0.261 e. The Kier molecular flexibility index (Phi) is 6.14. The van der Waals surface area contributed by atoms with Crippen molar-refractivity contribution in [3.05, 3.63) is 85.4 Å². The summed E-state index contributed by atoms with van der Waals surface area (Å²) in [6.07, 6.45) is 2.96. The molecule has 5 nitrogen and oxygen atoms in total. The molecule has 1 aliphatic carbocycles. The van der Waals surface area contributed by atoms with E-state index in [0.29, 0.717) is 27.1 Å². The largest absolute Gasteiger partial charge is 0.356 e. The number of nitrogens with two attached hydrogens (primary N) is 1. The minimum atomic E-state index is -0.408. The van der Waals surface area contributed by atoms with Crippen molar-refractivity contribution in [1.82, 2.24) is 9.55 Å². The van der Waals surface area contributed by atoms with Crippen molar-refractivity contribution in [2.45, 2.75) is 37.3 Å². The van der Waals surface area contributed by atoms with Gasteiger partial charge in [0, 0.05) is 24.7 Å². The lowest BCUT2D eigenvalue weighted by Gasteiger charge is -2.43. The van der Waals surface area contributed by atoms with Gasteiger partial charge in [0.25, 0.3) is 5.56 Å². The third-order valence-corrected chi connectivity index (χ3v) is 8.61. The van der Waals surface area contributed by atoms with Gasteiger partial charge in [-0.15, -0.1) is 0 Å². The molecular weight excluding hydrogens is 476 g/mol. The van der Waals surface area contributed by atoms with Crippen LogP contribution < -0.4 is 16.2 Å². The Morgan fingerprint density at radius 3 is 2.43 bits per heavy atom. The van der Waals surface area contributed by atoms with Crippen LogP contribution in [-0.4, -0.2) is 46.2 Å². The number of fused-ring (bicyclic) bond motifs is 1. The number of hydrogen-bond donors (Lipinski definition) is 1. The molecule has 2 aromatic carbocycles. The summed E-state index contributed by atoms with van der Waals surface area (Å²) in [7, 11) is 6.18. The molecule has 35 heavy (non-hydrogen) atoms. The standard InChI is InChI=1S/C25H29B3Cl2N4O/c1-14-32-22(19(25(26,27)28)23(35)34(14)18-8-4-7-17(29)20(18)30)33-11-9-24(10-12-33)13-15-5-2-3-6-16(15)21(24)31/h2-8,21H,9-13,26-28,31H2,1H3/t21-/m1/s1. The Balaban J connectivity index is 1.53. The first kappa shape index (κ1) is 24.5. The summed E-state index contributed by atoms with van der Waals surface area (Å²) in [6.45, 7) is 3.49. The first-order valence-corrected chi connectivity index (χ1v) is 13.0. The normalized spacial score (nSPS) is 19.2. The number of hydrogen-bond acceptors (Lipinski definition) is 4. The van der Waals surface area contributed by atoms with Crippen molar-refractivity contribution in [1.29, 1.82) is 0 Å². The van der Waals surface area contributed by atoms with E-state index in [1.165, 1.54) is 11.1 Å². The number of anilines is 1. The summed E-state index contributed by atoms with van der Waals surface area (Å²) < 4.78 is 1.59. The Hall–Kier alpha value is -2.15. The highest BCUT2D eigenvalue weighted by molar-refractivity contribution is 6.59. The van der Waals surface area contributed by atoms with Crippen molar-refractivity contribution < 1.29 is 0 Å². The van der Waals surface area contributed by atoms with Gasteiger partial charge < -0.3 is 10.6 Å². The van der Waals surface area contributed by atoms with Gasteiger partial charge >= 0.3 is 0 Å². The Morgan fingerprint density at radius 2 is 1.77 bits per heavy atom. The zero-order chi connectivity index (χ0) is 25.1. The SMILES string of the molecule is BC(B)(B)c1c(N2CCC3(CC2)Cc2ccccc2[C@H]3N)nc(C)n(-c2cccc(Cl)c2Cl)c1=O. The highest BCUT2D eigenvalue weighted by Gasteiger charge is 2.46. The number of benzene rings is 2. The van der Waals surface area contributed by atoms with Crippen molar-refractivity contribution >= 4 is 52.6 Å². The molecule has 1 aromatic heterocycles. The van der Waals surface area contributed by atoms with Crippen LogP contribution >= 0.6 is 23.2 Å². The van der Waals surface area contributed by atoms with Gasteiger partial charge in [-0.05, 0) is 54.9 Å². The molecule has 0 saturated carbocycles. The van der Waals surface area contributed by atoms with Crippen molar-refractivity contribution in [2.24, 2.45) is 11.1 Å². The summed E-state index contributed by atoms with van der Waals surface area (Å²) >= 11 is 12.8. The third kappa shape index (κ3) is 4.04. The zero-order valence-electron chi connectivity index (χ0n) is 20.7. The zero-order valence-corrected chi connectivity index (χ0v) is 22.2. The molecule has 0 radical (unpaired) electrons. The van der Waals surface area contributed by atoms with Crippen LogP contribution in [0.2, 0.25) is 10.0 Å². The van der Waals surface area contributed by atoms with Gasteiger partial charge in [-0.2, -0.15) is 0 Å². The second kappa shape index (κ2) is 8.76. The molecule has 2 aliphatic rings. The van der Waals surface area contributed by atoms with Crippen LogP contribution in [0.3, 0.4) is 0 Å². The van der Waals surface area contributed by atoms with E-state index in [4.69, 9.17) is 33.9 Å². The lowest BCUT2D eigenvalue weighted by atomic mass is 9.40. The second-order valence-corrected chi connectivity index (χ2v) is 11.8. The van der Waals surface area contributed by atoms with E-state index in [1.807, 2.05) is 6.92 Å². The lowest BCUT2D eigenvalue weighted by Crippen LogP contribution is -2.47. The minimum absolute atomic E-state index is 0.0515. The predicted molar refractivity (Wildman–Crippen MR) is 153 cm³/mol. The molecule has 178 valence electrons. The average Bonchev–Trinajstić information content (AvgIpc) is 3.07. The first-order valence-electron chi connectivity index (χ1n) is 12.2. The van der Waals surface area contributed by atoms with E-state index in [1.54, 1.807) is 22.8 Å². The van der Waals surface area contributed by atoms with Crippen LogP contribution in [0.15, 0.2) is 47.3 Å². The highest BCUT2D eigenvalue weighted by Crippen LogP contribution is 2.51. The third-order valence-electron chi connectivity index (χ3n) is 7.81. The van der Waals surface area contributed by atoms with Gasteiger partial charge in [0.05, 0.1) is 39.3 Å². The summed E-state index contributed by atoms with van der Waals surface area (Å²) in [5, 5.41) is 0.352. The topological polar surface area (TPSA) is 64.2 Å². The predicted octanol–water partition coefficient (Wildman–Crippen LogP) is 1.70. The lowest BCUT2D eigenvalue weighted by molar-refractivity contribution is 0.187. The molecule has 2 N–H and O–H groups in total. The Bertz CT molecular complexity index is 1360. The number of rotatable bonds is 3. The molecule has 0 bridgehead atoms. The van der Waals surface area contributed by atoms with Gasteiger partial charge in [-0.1, -0.05) is 58.6 Å². The second-order valence-electron chi connectivity index (χ2n) is 11.0. The number of halogens is 2. The smallest absolute Gasteiger partial charge is 0.261 e. The number of nitrogens with zero attached hydrogens (tertiary/aromatic N) is 3. The average molecular weight is 505 g/mol.